The Balaban J connectivity index is 1.63. The van der Waals surface area contributed by atoms with Gasteiger partial charge in [0.25, 0.3) is 11.8 Å². The fourth-order valence-electron chi connectivity index (χ4n) is 2.70. The van der Waals surface area contributed by atoms with Gasteiger partial charge in [-0.2, -0.15) is 0 Å². The maximum Gasteiger partial charge on any atom is 0.280 e. The largest absolute Gasteiger partial charge is 0.326 e. The smallest absolute Gasteiger partial charge is 0.280 e. The molecule has 122 valence electrons. The second kappa shape index (κ2) is 6.23. The quantitative estimate of drug-likeness (QED) is 0.876. The van der Waals surface area contributed by atoms with Crippen LogP contribution in [0.3, 0.4) is 0 Å². The van der Waals surface area contributed by atoms with E-state index in [0.29, 0.717) is 0 Å². The first-order valence-corrected chi connectivity index (χ1v) is 7.65. The van der Waals surface area contributed by atoms with Crippen molar-refractivity contribution >= 4 is 23.4 Å². The summed E-state index contributed by atoms with van der Waals surface area (Å²) in [5, 5.41) is 2.81. The summed E-state index contributed by atoms with van der Waals surface area (Å²) >= 11 is 0. The van der Waals surface area contributed by atoms with E-state index in [1.807, 2.05) is 32.0 Å². The molecule has 1 N–H and O–H groups in total. The van der Waals surface area contributed by atoms with Crippen LogP contribution in [0.1, 0.15) is 38.4 Å². The molecule has 24 heavy (non-hydrogen) atoms. The molecule has 0 unspecified atom stereocenters. The fourth-order valence-corrected chi connectivity index (χ4v) is 2.70. The van der Waals surface area contributed by atoms with Crippen LogP contribution in [0.15, 0.2) is 36.5 Å². The van der Waals surface area contributed by atoms with Gasteiger partial charge in [0.15, 0.2) is 0 Å². The normalized spacial score (nSPS) is 13.2. The summed E-state index contributed by atoms with van der Waals surface area (Å²) in [7, 11) is 0. The molecule has 0 saturated carbocycles. The molecule has 0 fully saturated rings. The number of benzene rings is 1. The molecule has 1 aromatic heterocycles. The van der Waals surface area contributed by atoms with E-state index < -0.39 is 11.8 Å². The van der Waals surface area contributed by atoms with Crippen molar-refractivity contribution in [3.05, 3.63) is 58.9 Å². The van der Waals surface area contributed by atoms with Gasteiger partial charge >= 0.3 is 0 Å². The molecule has 1 aromatic carbocycles. The first-order valence-electron chi connectivity index (χ1n) is 7.65. The van der Waals surface area contributed by atoms with E-state index in [2.05, 4.69) is 10.3 Å². The minimum absolute atomic E-state index is 0.0325. The van der Waals surface area contributed by atoms with Gasteiger partial charge in [0, 0.05) is 24.8 Å². The Morgan fingerprint density at radius 3 is 2.67 bits per heavy atom. The monoisotopic (exact) mass is 323 g/mol. The number of pyridine rings is 1. The third-order valence-electron chi connectivity index (χ3n) is 3.95. The lowest BCUT2D eigenvalue weighted by atomic mass is 10.1. The highest BCUT2D eigenvalue weighted by Gasteiger charge is 2.36. The van der Waals surface area contributed by atoms with Gasteiger partial charge in [-0.1, -0.05) is 17.7 Å². The Morgan fingerprint density at radius 1 is 1.17 bits per heavy atom. The Labute approximate surface area is 139 Å². The van der Waals surface area contributed by atoms with Crippen molar-refractivity contribution in [3.8, 4) is 0 Å². The van der Waals surface area contributed by atoms with Crippen molar-refractivity contribution < 1.29 is 14.4 Å². The van der Waals surface area contributed by atoms with Crippen molar-refractivity contribution in [2.24, 2.45) is 0 Å². The molecule has 0 radical (unpaired) electrons. The standard InChI is InChI=1S/C18H17N3O3/c1-11-5-6-14(12(2)10-11)20-15(22)7-9-21-17(23)13-4-3-8-19-16(13)18(21)24/h3-6,8,10H,7,9H2,1-2H3,(H,20,22). The van der Waals surface area contributed by atoms with E-state index in [9.17, 15) is 14.4 Å². The van der Waals surface area contributed by atoms with E-state index in [-0.39, 0.29) is 30.1 Å². The van der Waals surface area contributed by atoms with Gasteiger partial charge in [0.1, 0.15) is 5.69 Å². The molecule has 0 bridgehead atoms. The highest BCUT2D eigenvalue weighted by atomic mass is 16.2. The summed E-state index contributed by atoms with van der Waals surface area (Å²) in [6.07, 6.45) is 1.51. The Hall–Kier alpha value is -3.02. The van der Waals surface area contributed by atoms with Gasteiger partial charge in [-0.15, -0.1) is 0 Å². The number of carbonyl (C=O) groups excluding carboxylic acids is 3. The molecular formula is C18H17N3O3. The lowest BCUT2D eigenvalue weighted by Gasteiger charge is -2.14. The summed E-state index contributed by atoms with van der Waals surface area (Å²) in [5.41, 5.74) is 3.25. The molecule has 3 rings (SSSR count). The number of nitrogens with one attached hydrogen (secondary N) is 1. The molecule has 2 heterocycles. The van der Waals surface area contributed by atoms with Crippen LogP contribution >= 0.6 is 0 Å². The molecule has 0 spiro atoms. The molecule has 0 saturated heterocycles. The summed E-state index contributed by atoms with van der Waals surface area (Å²) < 4.78 is 0. The van der Waals surface area contributed by atoms with Crippen LogP contribution in [-0.2, 0) is 4.79 Å². The number of rotatable bonds is 4. The third-order valence-corrected chi connectivity index (χ3v) is 3.95. The lowest BCUT2D eigenvalue weighted by Crippen LogP contribution is -2.33. The number of hydrogen-bond donors (Lipinski definition) is 1. The van der Waals surface area contributed by atoms with E-state index in [1.54, 1.807) is 12.1 Å². The van der Waals surface area contributed by atoms with E-state index >= 15 is 0 Å². The molecule has 6 heteroatoms. The molecule has 1 aliphatic rings. The summed E-state index contributed by atoms with van der Waals surface area (Å²) in [6.45, 7) is 3.93. The first kappa shape index (κ1) is 15.9. The minimum Gasteiger partial charge on any atom is -0.326 e. The van der Waals surface area contributed by atoms with Crippen LogP contribution in [0.4, 0.5) is 5.69 Å². The maximum atomic E-state index is 12.2. The van der Waals surface area contributed by atoms with Crippen LogP contribution in [0.25, 0.3) is 0 Å². The second-order valence-electron chi connectivity index (χ2n) is 5.78. The van der Waals surface area contributed by atoms with Crippen LogP contribution in [0, 0.1) is 13.8 Å². The van der Waals surface area contributed by atoms with E-state index in [1.165, 1.54) is 6.20 Å². The number of aromatic nitrogens is 1. The zero-order chi connectivity index (χ0) is 17.3. The predicted octanol–water partition coefficient (Wildman–Crippen LogP) is 2.32. The van der Waals surface area contributed by atoms with Gasteiger partial charge in [0.05, 0.1) is 5.56 Å². The first-order chi connectivity index (χ1) is 11.5. The van der Waals surface area contributed by atoms with Crippen LogP contribution in [0.2, 0.25) is 0 Å². The summed E-state index contributed by atoms with van der Waals surface area (Å²) in [5.74, 6) is -1.09. The Kier molecular flexibility index (Phi) is 4.12. The Bertz CT molecular complexity index is 810. The number of anilines is 1. The number of imide groups is 1. The van der Waals surface area contributed by atoms with Crippen molar-refractivity contribution in [1.29, 1.82) is 0 Å². The highest BCUT2D eigenvalue weighted by Crippen LogP contribution is 2.21. The van der Waals surface area contributed by atoms with Crippen molar-refractivity contribution in [1.82, 2.24) is 9.88 Å². The average Bonchev–Trinajstić information content (AvgIpc) is 2.80. The van der Waals surface area contributed by atoms with E-state index in [4.69, 9.17) is 0 Å². The molecule has 3 amide bonds. The zero-order valence-electron chi connectivity index (χ0n) is 13.5. The highest BCUT2D eigenvalue weighted by molar-refractivity contribution is 6.20. The van der Waals surface area contributed by atoms with E-state index in [0.717, 1.165) is 21.7 Å². The average molecular weight is 323 g/mol. The number of hydrogen-bond acceptors (Lipinski definition) is 4. The predicted molar refractivity (Wildman–Crippen MR) is 88.8 cm³/mol. The van der Waals surface area contributed by atoms with Crippen LogP contribution < -0.4 is 5.32 Å². The molecule has 0 atom stereocenters. The maximum absolute atomic E-state index is 12.2. The molecular weight excluding hydrogens is 306 g/mol. The summed E-state index contributed by atoms with van der Waals surface area (Å²) in [4.78, 5) is 41.5. The van der Waals surface area contributed by atoms with Gasteiger partial charge in [-0.3, -0.25) is 24.3 Å². The topological polar surface area (TPSA) is 79.4 Å². The van der Waals surface area contributed by atoms with Gasteiger partial charge < -0.3 is 5.32 Å². The number of aryl methyl sites for hydroxylation is 2. The van der Waals surface area contributed by atoms with Crippen molar-refractivity contribution in [2.45, 2.75) is 20.3 Å². The molecule has 2 aromatic rings. The Morgan fingerprint density at radius 2 is 1.96 bits per heavy atom. The minimum atomic E-state index is -0.449. The second-order valence-corrected chi connectivity index (χ2v) is 5.78. The molecule has 0 aliphatic carbocycles. The number of amides is 3. The van der Waals surface area contributed by atoms with Gasteiger partial charge in [0.2, 0.25) is 5.91 Å². The molecule has 1 aliphatic heterocycles. The number of nitrogens with zero attached hydrogens (tertiary/aromatic N) is 2. The van der Waals surface area contributed by atoms with Crippen LogP contribution in [-0.4, -0.2) is 34.2 Å². The number of carbonyl (C=O) groups is 3. The van der Waals surface area contributed by atoms with Crippen molar-refractivity contribution in [2.75, 3.05) is 11.9 Å². The molecule has 6 nitrogen and oxygen atoms in total. The van der Waals surface area contributed by atoms with Crippen LogP contribution in [0.5, 0.6) is 0 Å². The zero-order valence-corrected chi connectivity index (χ0v) is 13.5. The third kappa shape index (κ3) is 2.90. The van der Waals surface area contributed by atoms with Gasteiger partial charge in [-0.25, -0.2) is 0 Å². The number of fused-ring (bicyclic) bond motifs is 1. The fraction of sp³-hybridized carbons (Fsp3) is 0.222. The lowest BCUT2D eigenvalue weighted by molar-refractivity contribution is -0.116. The van der Waals surface area contributed by atoms with Crippen molar-refractivity contribution in [3.63, 3.8) is 0 Å². The SMILES string of the molecule is Cc1ccc(NC(=O)CCN2C(=O)c3cccnc3C2=O)c(C)c1. The summed E-state index contributed by atoms with van der Waals surface area (Å²) in [6, 6.07) is 8.91. The van der Waals surface area contributed by atoms with Gasteiger partial charge in [-0.05, 0) is 37.6 Å².